The minimum atomic E-state index is -0.000370. The van der Waals surface area contributed by atoms with Crippen molar-refractivity contribution in [1.82, 2.24) is 0 Å². The van der Waals surface area contributed by atoms with E-state index in [9.17, 15) is 0 Å². The molecule has 0 aromatic heterocycles. The van der Waals surface area contributed by atoms with Crippen molar-refractivity contribution in [2.75, 3.05) is 6.54 Å². The van der Waals surface area contributed by atoms with Gasteiger partial charge in [0, 0.05) is 12.6 Å². The van der Waals surface area contributed by atoms with Crippen LogP contribution in [0.2, 0.25) is 0 Å². The zero-order valence-electron chi connectivity index (χ0n) is 8.72. The molecule has 0 saturated carbocycles. The van der Waals surface area contributed by atoms with Gasteiger partial charge in [0.25, 0.3) is 0 Å². The Bertz CT molecular complexity index is 344. The van der Waals surface area contributed by atoms with Crippen LogP contribution in [0, 0.1) is 6.92 Å². The molecule has 14 heavy (non-hydrogen) atoms. The van der Waals surface area contributed by atoms with E-state index < -0.39 is 0 Å². The third-order valence-corrected chi connectivity index (χ3v) is 3.14. The fraction of sp³-hybridized carbons (Fsp3) is 0.500. The second kappa shape index (κ2) is 3.71. The van der Waals surface area contributed by atoms with Crippen molar-refractivity contribution in [3.05, 3.63) is 34.4 Å². The van der Waals surface area contributed by atoms with Gasteiger partial charge >= 0.3 is 0 Å². The first-order valence-corrected chi connectivity index (χ1v) is 5.30. The van der Waals surface area contributed by atoms with Gasteiger partial charge in [0.1, 0.15) is 0 Å². The molecule has 2 rings (SSSR count). The van der Waals surface area contributed by atoms with Crippen molar-refractivity contribution < 1.29 is 0 Å². The normalized spacial score (nSPS) is 16.8. The Balaban J connectivity index is 2.41. The van der Waals surface area contributed by atoms with Gasteiger partial charge in [-0.2, -0.15) is 0 Å². The van der Waals surface area contributed by atoms with Crippen LogP contribution < -0.4 is 11.5 Å². The SMILES string of the molecule is Cc1cc([C@@H](N)CN)cc2c1CCC2. The fourth-order valence-corrected chi connectivity index (χ4v) is 2.31. The van der Waals surface area contributed by atoms with Crippen molar-refractivity contribution >= 4 is 0 Å². The Morgan fingerprint density at radius 3 is 2.86 bits per heavy atom. The van der Waals surface area contributed by atoms with Gasteiger partial charge in [0.15, 0.2) is 0 Å². The van der Waals surface area contributed by atoms with E-state index in [4.69, 9.17) is 11.5 Å². The summed E-state index contributed by atoms with van der Waals surface area (Å²) in [6.07, 6.45) is 3.73. The lowest BCUT2D eigenvalue weighted by Gasteiger charge is -2.13. The van der Waals surface area contributed by atoms with E-state index in [0.717, 1.165) is 0 Å². The molecule has 1 aromatic carbocycles. The average Bonchev–Trinajstić information content (AvgIpc) is 2.64. The summed E-state index contributed by atoms with van der Waals surface area (Å²) in [4.78, 5) is 0. The molecule has 0 amide bonds. The van der Waals surface area contributed by atoms with Gasteiger partial charge in [-0.1, -0.05) is 12.1 Å². The summed E-state index contributed by atoms with van der Waals surface area (Å²) in [6, 6.07) is 4.44. The lowest BCUT2D eigenvalue weighted by molar-refractivity contribution is 0.735. The molecular formula is C12H18N2. The number of hydrogen-bond acceptors (Lipinski definition) is 2. The number of fused-ring (bicyclic) bond motifs is 1. The summed E-state index contributed by atoms with van der Waals surface area (Å²) in [7, 11) is 0. The number of aryl methyl sites for hydroxylation is 2. The number of hydrogen-bond donors (Lipinski definition) is 2. The predicted octanol–water partition coefficient (Wildman–Crippen LogP) is 1.44. The number of benzene rings is 1. The Labute approximate surface area is 85.3 Å². The van der Waals surface area contributed by atoms with Crippen molar-refractivity contribution in [3.63, 3.8) is 0 Å². The zero-order chi connectivity index (χ0) is 10.1. The second-order valence-corrected chi connectivity index (χ2v) is 4.17. The van der Waals surface area contributed by atoms with Crippen LogP contribution in [0.5, 0.6) is 0 Å². The summed E-state index contributed by atoms with van der Waals surface area (Å²) >= 11 is 0. The van der Waals surface area contributed by atoms with E-state index >= 15 is 0 Å². The Morgan fingerprint density at radius 1 is 1.36 bits per heavy atom. The van der Waals surface area contributed by atoms with Gasteiger partial charge in [0.05, 0.1) is 0 Å². The molecule has 0 aliphatic heterocycles. The second-order valence-electron chi connectivity index (χ2n) is 4.17. The van der Waals surface area contributed by atoms with Crippen LogP contribution in [0.1, 0.15) is 34.7 Å². The number of rotatable bonds is 2. The summed E-state index contributed by atoms with van der Waals surface area (Å²) in [5, 5.41) is 0. The third kappa shape index (κ3) is 1.56. The molecule has 1 atom stereocenters. The van der Waals surface area contributed by atoms with E-state index in [1.165, 1.54) is 41.5 Å². The molecule has 1 aliphatic carbocycles. The zero-order valence-corrected chi connectivity index (χ0v) is 8.72. The van der Waals surface area contributed by atoms with Gasteiger partial charge in [-0.3, -0.25) is 0 Å². The van der Waals surface area contributed by atoms with E-state index in [1.54, 1.807) is 0 Å². The van der Waals surface area contributed by atoms with Crippen LogP contribution in [0.25, 0.3) is 0 Å². The Kier molecular flexibility index (Phi) is 2.57. The molecule has 2 heteroatoms. The summed E-state index contributed by atoms with van der Waals surface area (Å²) < 4.78 is 0. The fourth-order valence-electron chi connectivity index (χ4n) is 2.31. The van der Waals surface area contributed by atoms with Crippen LogP contribution in [0.4, 0.5) is 0 Å². The maximum absolute atomic E-state index is 5.93. The van der Waals surface area contributed by atoms with Gasteiger partial charge in [0.2, 0.25) is 0 Å². The Morgan fingerprint density at radius 2 is 2.14 bits per heavy atom. The van der Waals surface area contributed by atoms with Crippen LogP contribution in [-0.2, 0) is 12.8 Å². The third-order valence-electron chi connectivity index (χ3n) is 3.14. The smallest absolute Gasteiger partial charge is 0.0419 e. The first-order valence-electron chi connectivity index (χ1n) is 5.30. The minimum Gasteiger partial charge on any atom is -0.329 e. The highest BCUT2D eigenvalue weighted by Crippen LogP contribution is 2.27. The molecule has 0 unspecified atom stereocenters. The van der Waals surface area contributed by atoms with Gasteiger partial charge in [-0.15, -0.1) is 0 Å². The molecular weight excluding hydrogens is 172 g/mol. The van der Waals surface area contributed by atoms with Crippen molar-refractivity contribution in [3.8, 4) is 0 Å². The molecule has 2 nitrogen and oxygen atoms in total. The van der Waals surface area contributed by atoms with E-state index in [-0.39, 0.29) is 6.04 Å². The first kappa shape index (κ1) is 9.69. The molecule has 0 spiro atoms. The molecule has 1 aliphatic rings. The lowest BCUT2D eigenvalue weighted by atomic mass is 9.97. The average molecular weight is 190 g/mol. The highest BCUT2D eigenvalue weighted by atomic mass is 14.7. The van der Waals surface area contributed by atoms with E-state index in [0.29, 0.717) is 6.54 Å². The van der Waals surface area contributed by atoms with Crippen molar-refractivity contribution in [2.24, 2.45) is 11.5 Å². The minimum absolute atomic E-state index is 0.000370. The van der Waals surface area contributed by atoms with E-state index in [1.807, 2.05) is 0 Å². The molecule has 0 fully saturated rings. The first-order chi connectivity index (χ1) is 6.72. The quantitative estimate of drug-likeness (QED) is 0.741. The maximum atomic E-state index is 5.93. The highest BCUT2D eigenvalue weighted by Gasteiger charge is 2.15. The Hall–Kier alpha value is -0.860. The summed E-state index contributed by atoms with van der Waals surface area (Å²) in [5.74, 6) is 0. The monoisotopic (exact) mass is 190 g/mol. The van der Waals surface area contributed by atoms with E-state index in [2.05, 4.69) is 19.1 Å². The van der Waals surface area contributed by atoms with Crippen LogP contribution >= 0.6 is 0 Å². The summed E-state index contributed by atoms with van der Waals surface area (Å²) in [6.45, 7) is 2.70. The standard InChI is InChI=1S/C12H18N2/c1-8-5-10(12(14)7-13)6-9-3-2-4-11(8)9/h5-6,12H,2-4,7,13-14H2,1H3/t12-/m0/s1. The molecule has 76 valence electrons. The largest absolute Gasteiger partial charge is 0.329 e. The molecule has 0 heterocycles. The molecule has 0 saturated heterocycles. The van der Waals surface area contributed by atoms with Gasteiger partial charge < -0.3 is 11.5 Å². The predicted molar refractivity (Wildman–Crippen MR) is 59.2 cm³/mol. The molecule has 0 bridgehead atoms. The van der Waals surface area contributed by atoms with Crippen molar-refractivity contribution in [2.45, 2.75) is 32.2 Å². The van der Waals surface area contributed by atoms with Gasteiger partial charge in [-0.05, 0) is 48.4 Å². The maximum Gasteiger partial charge on any atom is 0.0419 e. The molecule has 1 aromatic rings. The number of nitrogens with two attached hydrogens (primary N) is 2. The topological polar surface area (TPSA) is 52.0 Å². The highest BCUT2D eigenvalue weighted by molar-refractivity contribution is 5.42. The molecule has 4 N–H and O–H groups in total. The lowest BCUT2D eigenvalue weighted by Crippen LogP contribution is -2.21. The molecule has 0 radical (unpaired) electrons. The van der Waals surface area contributed by atoms with Crippen LogP contribution in [0.3, 0.4) is 0 Å². The van der Waals surface area contributed by atoms with Crippen LogP contribution in [0.15, 0.2) is 12.1 Å². The summed E-state index contributed by atoms with van der Waals surface area (Å²) in [5.41, 5.74) is 17.1. The van der Waals surface area contributed by atoms with Gasteiger partial charge in [-0.25, -0.2) is 0 Å². The van der Waals surface area contributed by atoms with Crippen LogP contribution in [-0.4, -0.2) is 6.54 Å². The van der Waals surface area contributed by atoms with Crippen molar-refractivity contribution in [1.29, 1.82) is 0 Å².